The van der Waals surface area contributed by atoms with Gasteiger partial charge in [0, 0.05) is 11.8 Å². The summed E-state index contributed by atoms with van der Waals surface area (Å²) in [5.74, 6) is -0.0475. The summed E-state index contributed by atoms with van der Waals surface area (Å²) in [6, 6.07) is 7.59. The number of rotatable bonds is 4. The number of nitrogen functional groups attached to an aromatic ring is 1. The Morgan fingerprint density at radius 2 is 2.30 bits per heavy atom. The largest absolute Gasteiger partial charge is 0.375 e. The zero-order valence-electron chi connectivity index (χ0n) is 10.4. The number of anilines is 1. The lowest BCUT2D eigenvalue weighted by molar-refractivity contribution is 0.0989. The molecule has 0 saturated carbocycles. The molecule has 0 aliphatic rings. The zero-order chi connectivity index (χ0) is 13.9. The molecule has 6 nitrogen and oxygen atoms in total. The van der Waals surface area contributed by atoms with Crippen molar-refractivity contribution in [1.29, 1.82) is 0 Å². The monoisotopic (exact) mass is 285 g/mol. The third-order valence-corrected chi connectivity index (χ3v) is 3.44. The van der Waals surface area contributed by atoms with Crippen molar-refractivity contribution in [3.8, 4) is 5.69 Å². The van der Waals surface area contributed by atoms with Crippen molar-refractivity contribution in [2.45, 2.75) is 6.42 Å². The van der Waals surface area contributed by atoms with Crippen LogP contribution in [0.25, 0.3) is 5.69 Å². The summed E-state index contributed by atoms with van der Waals surface area (Å²) in [6.07, 6.45) is 3.36. The number of aromatic nitrogens is 4. The number of benzene rings is 1. The van der Waals surface area contributed by atoms with E-state index in [9.17, 15) is 4.79 Å². The van der Waals surface area contributed by atoms with E-state index in [0.717, 1.165) is 11.3 Å². The van der Waals surface area contributed by atoms with Crippen LogP contribution in [0.4, 0.5) is 5.13 Å². The lowest BCUT2D eigenvalue weighted by atomic mass is 10.1. The van der Waals surface area contributed by atoms with Crippen molar-refractivity contribution in [3.63, 3.8) is 0 Å². The number of hydrogen-bond acceptors (Lipinski definition) is 6. The van der Waals surface area contributed by atoms with E-state index in [1.807, 2.05) is 24.3 Å². The van der Waals surface area contributed by atoms with Crippen LogP contribution in [0, 0.1) is 0 Å². The molecule has 0 atom stereocenters. The minimum Gasteiger partial charge on any atom is -0.375 e. The van der Waals surface area contributed by atoms with E-state index in [1.165, 1.54) is 17.7 Å². The summed E-state index contributed by atoms with van der Waals surface area (Å²) in [7, 11) is 0. The molecule has 0 spiro atoms. The molecular formula is C13H11N5OS. The van der Waals surface area contributed by atoms with Gasteiger partial charge in [-0.15, -0.1) is 11.3 Å². The highest BCUT2D eigenvalue weighted by Gasteiger charge is 2.11. The molecular weight excluding hydrogens is 274 g/mol. The maximum Gasteiger partial charge on any atom is 0.186 e. The van der Waals surface area contributed by atoms with Crippen molar-refractivity contribution in [1.82, 2.24) is 19.7 Å². The second kappa shape index (κ2) is 5.22. The quantitative estimate of drug-likeness (QED) is 0.738. The average Bonchev–Trinajstić information content (AvgIpc) is 3.10. The molecule has 0 unspecified atom stereocenters. The van der Waals surface area contributed by atoms with Gasteiger partial charge in [0.05, 0.1) is 5.69 Å². The Morgan fingerprint density at radius 1 is 1.40 bits per heavy atom. The molecule has 2 heterocycles. The van der Waals surface area contributed by atoms with Gasteiger partial charge >= 0.3 is 0 Å². The standard InChI is InChI=1S/C13H11N5OS/c14-13-17-11(6-20-13)12(19)5-9-2-1-3-10(4-9)18-8-15-7-16-18/h1-4,6-8H,5H2,(H2,14,17). The lowest BCUT2D eigenvalue weighted by Gasteiger charge is -2.03. The highest BCUT2D eigenvalue weighted by Crippen LogP contribution is 2.15. The molecule has 0 bridgehead atoms. The Labute approximate surface area is 118 Å². The third-order valence-electron chi connectivity index (χ3n) is 2.77. The van der Waals surface area contributed by atoms with E-state index in [-0.39, 0.29) is 12.2 Å². The Balaban J connectivity index is 1.81. The van der Waals surface area contributed by atoms with Gasteiger partial charge < -0.3 is 5.73 Å². The number of nitrogens with two attached hydrogens (primary N) is 1. The molecule has 100 valence electrons. The van der Waals surface area contributed by atoms with Gasteiger partial charge in [0.25, 0.3) is 0 Å². The molecule has 0 aliphatic heterocycles. The maximum atomic E-state index is 12.1. The van der Waals surface area contributed by atoms with Crippen LogP contribution >= 0.6 is 11.3 Å². The van der Waals surface area contributed by atoms with E-state index in [2.05, 4.69) is 15.1 Å². The number of thiazole rings is 1. The Morgan fingerprint density at radius 3 is 3.00 bits per heavy atom. The fraction of sp³-hybridized carbons (Fsp3) is 0.0769. The smallest absolute Gasteiger partial charge is 0.186 e. The number of nitrogens with zero attached hydrogens (tertiary/aromatic N) is 4. The summed E-state index contributed by atoms with van der Waals surface area (Å²) in [4.78, 5) is 20.0. The van der Waals surface area contributed by atoms with E-state index < -0.39 is 0 Å². The van der Waals surface area contributed by atoms with E-state index in [1.54, 1.807) is 16.4 Å². The second-order valence-electron chi connectivity index (χ2n) is 4.18. The Hall–Kier alpha value is -2.54. The van der Waals surface area contributed by atoms with Crippen LogP contribution in [0.1, 0.15) is 16.1 Å². The molecule has 0 fully saturated rings. The van der Waals surface area contributed by atoms with E-state index in [0.29, 0.717) is 10.8 Å². The highest BCUT2D eigenvalue weighted by atomic mass is 32.1. The van der Waals surface area contributed by atoms with Crippen molar-refractivity contribution in [3.05, 3.63) is 53.6 Å². The first-order valence-corrected chi connectivity index (χ1v) is 6.78. The molecule has 2 N–H and O–H groups in total. The Kier molecular flexibility index (Phi) is 3.26. The van der Waals surface area contributed by atoms with Gasteiger partial charge in [-0.05, 0) is 17.7 Å². The normalized spacial score (nSPS) is 10.6. The Bertz CT molecular complexity index is 735. The molecule has 1 aromatic carbocycles. The van der Waals surface area contributed by atoms with Gasteiger partial charge in [-0.25, -0.2) is 14.6 Å². The predicted molar refractivity (Wildman–Crippen MR) is 75.9 cm³/mol. The van der Waals surface area contributed by atoms with Crippen LogP contribution in [-0.2, 0) is 6.42 Å². The van der Waals surface area contributed by atoms with Crippen molar-refractivity contribution >= 4 is 22.3 Å². The molecule has 0 saturated heterocycles. The molecule has 7 heteroatoms. The van der Waals surface area contributed by atoms with Crippen LogP contribution in [0.5, 0.6) is 0 Å². The van der Waals surface area contributed by atoms with Crippen molar-refractivity contribution < 1.29 is 4.79 Å². The molecule has 0 amide bonds. The van der Waals surface area contributed by atoms with E-state index >= 15 is 0 Å². The summed E-state index contributed by atoms with van der Waals surface area (Å²) in [5.41, 5.74) is 7.71. The van der Waals surface area contributed by atoms with Crippen LogP contribution in [0.3, 0.4) is 0 Å². The van der Waals surface area contributed by atoms with Crippen LogP contribution in [0.15, 0.2) is 42.3 Å². The first-order chi connectivity index (χ1) is 9.72. The molecule has 3 rings (SSSR count). The summed E-state index contributed by atoms with van der Waals surface area (Å²) < 4.78 is 1.65. The van der Waals surface area contributed by atoms with Crippen molar-refractivity contribution in [2.75, 3.05) is 5.73 Å². The summed E-state index contributed by atoms with van der Waals surface area (Å²) in [6.45, 7) is 0. The summed E-state index contributed by atoms with van der Waals surface area (Å²) in [5, 5.41) is 6.15. The fourth-order valence-electron chi connectivity index (χ4n) is 1.84. The van der Waals surface area contributed by atoms with Gasteiger partial charge in [-0.3, -0.25) is 4.79 Å². The first kappa shape index (κ1) is 12.5. The molecule has 0 radical (unpaired) electrons. The molecule has 2 aromatic heterocycles. The molecule has 0 aliphatic carbocycles. The predicted octanol–water partition coefficient (Wildman–Crippen LogP) is 1.73. The van der Waals surface area contributed by atoms with Gasteiger partial charge in [0.2, 0.25) is 0 Å². The van der Waals surface area contributed by atoms with Gasteiger partial charge in [-0.2, -0.15) is 5.10 Å². The van der Waals surface area contributed by atoms with Gasteiger partial charge in [0.1, 0.15) is 18.3 Å². The van der Waals surface area contributed by atoms with Crippen LogP contribution in [0.2, 0.25) is 0 Å². The summed E-state index contributed by atoms with van der Waals surface area (Å²) >= 11 is 1.27. The number of hydrogen-bond donors (Lipinski definition) is 1. The topological polar surface area (TPSA) is 86.7 Å². The van der Waals surface area contributed by atoms with Crippen LogP contribution in [-0.4, -0.2) is 25.5 Å². The maximum absolute atomic E-state index is 12.1. The highest BCUT2D eigenvalue weighted by molar-refractivity contribution is 7.13. The zero-order valence-corrected chi connectivity index (χ0v) is 11.2. The lowest BCUT2D eigenvalue weighted by Crippen LogP contribution is -2.05. The minimum absolute atomic E-state index is 0.0475. The molecule has 3 aromatic rings. The molecule has 20 heavy (non-hydrogen) atoms. The third kappa shape index (κ3) is 2.57. The number of Topliss-reactive ketones (excluding diaryl/α,β-unsaturated/α-hetero) is 1. The SMILES string of the molecule is Nc1nc(C(=O)Cc2cccc(-n3cncn3)c2)cs1. The number of carbonyl (C=O) groups excluding carboxylic acids is 1. The minimum atomic E-state index is -0.0475. The van der Waals surface area contributed by atoms with Gasteiger partial charge in [-0.1, -0.05) is 12.1 Å². The first-order valence-electron chi connectivity index (χ1n) is 5.90. The fourth-order valence-corrected chi connectivity index (χ4v) is 2.41. The van der Waals surface area contributed by atoms with Crippen molar-refractivity contribution in [2.24, 2.45) is 0 Å². The van der Waals surface area contributed by atoms with Crippen LogP contribution < -0.4 is 5.73 Å². The number of ketones is 1. The van der Waals surface area contributed by atoms with E-state index in [4.69, 9.17) is 5.73 Å². The average molecular weight is 285 g/mol. The van der Waals surface area contributed by atoms with Gasteiger partial charge in [0.15, 0.2) is 10.9 Å². The number of carbonyl (C=O) groups is 1. The second-order valence-corrected chi connectivity index (χ2v) is 5.07.